The molecule has 0 spiro atoms. The van der Waals surface area contributed by atoms with Crippen molar-refractivity contribution in [2.24, 2.45) is 11.8 Å². The number of rotatable bonds is 3. The summed E-state index contributed by atoms with van der Waals surface area (Å²) in [6, 6.07) is 2.17. The summed E-state index contributed by atoms with van der Waals surface area (Å²) in [6.45, 7) is 8.20. The number of hydrogen-bond donors (Lipinski definition) is 1. The standard InChI is InChI=1S/C13H22N4O/c1-11-9-15-10-12(11)13(18)17-7-5-16(6-8-17)4-2-3-14/h11-12,15H,2,4-10H2,1H3. The van der Waals surface area contributed by atoms with E-state index in [4.69, 9.17) is 5.26 Å². The molecule has 2 fully saturated rings. The lowest BCUT2D eigenvalue weighted by Crippen LogP contribution is -2.51. The van der Waals surface area contributed by atoms with Gasteiger partial charge in [0.15, 0.2) is 0 Å². The average molecular weight is 250 g/mol. The van der Waals surface area contributed by atoms with Crippen molar-refractivity contribution in [3.05, 3.63) is 0 Å². The van der Waals surface area contributed by atoms with Crippen LogP contribution in [0.5, 0.6) is 0 Å². The molecule has 2 unspecified atom stereocenters. The number of amides is 1. The molecule has 100 valence electrons. The van der Waals surface area contributed by atoms with Gasteiger partial charge in [0.1, 0.15) is 0 Å². The summed E-state index contributed by atoms with van der Waals surface area (Å²) >= 11 is 0. The van der Waals surface area contributed by atoms with E-state index in [1.54, 1.807) is 0 Å². The Balaban J connectivity index is 1.79. The zero-order valence-corrected chi connectivity index (χ0v) is 11.1. The van der Waals surface area contributed by atoms with E-state index < -0.39 is 0 Å². The number of piperazine rings is 1. The molecule has 2 aliphatic rings. The number of nitriles is 1. The molecule has 1 N–H and O–H groups in total. The molecule has 2 rings (SSSR count). The van der Waals surface area contributed by atoms with Gasteiger partial charge in [-0.05, 0) is 12.5 Å². The molecule has 0 aromatic heterocycles. The van der Waals surface area contributed by atoms with Crippen molar-refractivity contribution >= 4 is 5.91 Å². The molecule has 2 aliphatic heterocycles. The third-order valence-corrected chi connectivity index (χ3v) is 4.06. The van der Waals surface area contributed by atoms with E-state index in [9.17, 15) is 4.79 Å². The average Bonchev–Trinajstić information content (AvgIpc) is 2.82. The quantitative estimate of drug-likeness (QED) is 0.760. The van der Waals surface area contributed by atoms with Crippen LogP contribution < -0.4 is 5.32 Å². The lowest BCUT2D eigenvalue weighted by molar-refractivity contribution is -0.137. The molecule has 0 aliphatic carbocycles. The molecular formula is C13H22N4O. The first kappa shape index (κ1) is 13.3. The van der Waals surface area contributed by atoms with Gasteiger partial charge in [-0.15, -0.1) is 0 Å². The van der Waals surface area contributed by atoms with Crippen LogP contribution in [0, 0.1) is 23.2 Å². The van der Waals surface area contributed by atoms with E-state index in [1.807, 2.05) is 4.90 Å². The highest BCUT2D eigenvalue weighted by Gasteiger charge is 2.33. The number of carbonyl (C=O) groups excluding carboxylic acids is 1. The van der Waals surface area contributed by atoms with Crippen molar-refractivity contribution in [3.63, 3.8) is 0 Å². The smallest absolute Gasteiger partial charge is 0.227 e. The molecule has 0 bridgehead atoms. The lowest BCUT2D eigenvalue weighted by Gasteiger charge is -2.36. The number of carbonyl (C=O) groups is 1. The van der Waals surface area contributed by atoms with Gasteiger partial charge in [0.25, 0.3) is 0 Å². The van der Waals surface area contributed by atoms with Crippen LogP contribution in [0.4, 0.5) is 0 Å². The van der Waals surface area contributed by atoms with Crippen LogP contribution in [-0.2, 0) is 4.79 Å². The predicted octanol–water partition coefficient (Wildman–Crippen LogP) is -0.100. The van der Waals surface area contributed by atoms with Gasteiger partial charge in [-0.2, -0.15) is 5.26 Å². The fourth-order valence-corrected chi connectivity index (χ4v) is 2.78. The van der Waals surface area contributed by atoms with Gasteiger partial charge in [-0.1, -0.05) is 6.92 Å². The maximum atomic E-state index is 12.3. The van der Waals surface area contributed by atoms with Gasteiger partial charge < -0.3 is 10.2 Å². The van der Waals surface area contributed by atoms with Crippen LogP contribution in [0.25, 0.3) is 0 Å². The molecule has 0 aromatic carbocycles. The van der Waals surface area contributed by atoms with Crippen molar-refractivity contribution < 1.29 is 4.79 Å². The molecule has 5 nitrogen and oxygen atoms in total. The van der Waals surface area contributed by atoms with Gasteiger partial charge in [0.2, 0.25) is 5.91 Å². The monoisotopic (exact) mass is 250 g/mol. The second-order valence-electron chi connectivity index (χ2n) is 5.32. The van der Waals surface area contributed by atoms with Crippen molar-refractivity contribution in [1.82, 2.24) is 15.1 Å². The van der Waals surface area contributed by atoms with Crippen LogP contribution in [0.2, 0.25) is 0 Å². The molecular weight excluding hydrogens is 228 g/mol. The van der Waals surface area contributed by atoms with E-state index in [1.165, 1.54) is 0 Å². The van der Waals surface area contributed by atoms with E-state index in [2.05, 4.69) is 23.2 Å². The number of nitrogens with one attached hydrogen (secondary N) is 1. The molecule has 0 radical (unpaired) electrons. The van der Waals surface area contributed by atoms with Crippen LogP contribution in [0.1, 0.15) is 13.3 Å². The fourth-order valence-electron chi connectivity index (χ4n) is 2.78. The molecule has 1 amide bonds. The first-order valence-electron chi connectivity index (χ1n) is 6.81. The third kappa shape index (κ3) is 3.01. The minimum atomic E-state index is 0.163. The maximum Gasteiger partial charge on any atom is 0.227 e. The van der Waals surface area contributed by atoms with Gasteiger partial charge >= 0.3 is 0 Å². The van der Waals surface area contributed by atoms with Crippen molar-refractivity contribution in [2.45, 2.75) is 13.3 Å². The summed E-state index contributed by atoms with van der Waals surface area (Å²) in [6.07, 6.45) is 0.581. The Kier molecular flexibility index (Phi) is 4.56. The number of hydrogen-bond acceptors (Lipinski definition) is 4. The zero-order valence-electron chi connectivity index (χ0n) is 11.1. The number of nitrogens with zero attached hydrogens (tertiary/aromatic N) is 3. The van der Waals surface area contributed by atoms with Crippen LogP contribution >= 0.6 is 0 Å². The summed E-state index contributed by atoms with van der Waals surface area (Å²) < 4.78 is 0. The molecule has 0 saturated carbocycles. The van der Waals surface area contributed by atoms with E-state index in [0.717, 1.165) is 45.8 Å². The van der Waals surface area contributed by atoms with Gasteiger partial charge in [0.05, 0.1) is 12.0 Å². The minimum Gasteiger partial charge on any atom is -0.340 e. The normalized spacial score (nSPS) is 29.2. The highest BCUT2D eigenvalue weighted by molar-refractivity contribution is 5.79. The Bertz CT molecular complexity index is 330. The summed E-state index contributed by atoms with van der Waals surface area (Å²) in [7, 11) is 0. The van der Waals surface area contributed by atoms with Crippen molar-refractivity contribution in [1.29, 1.82) is 5.26 Å². The summed E-state index contributed by atoms with van der Waals surface area (Å²) in [5.74, 6) is 0.928. The van der Waals surface area contributed by atoms with Gasteiger partial charge in [0, 0.05) is 45.7 Å². The highest BCUT2D eigenvalue weighted by atomic mass is 16.2. The molecule has 2 heterocycles. The second-order valence-corrected chi connectivity index (χ2v) is 5.32. The molecule has 5 heteroatoms. The molecule has 2 saturated heterocycles. The van der Waals surface area contributed by atoms with E-state index in [-0.39, 0.29) is 5.92 Å². The van der Waals surface area contributed by atoms with E-state index in [0.29, 0.717) is 18.2 Å². The predicted molar refractivity (Wildman–Crippen MR) is 68.8 cm³/mol. The lowest BCUT2D eigenvalue weighted by atomic mass is 9.96. The van der Waals surface area contributed by atoms with E-state index >= 15 is 0 Å². The Hall–Kier alpha value is -1.12. The molecule has 0 aromatic rings. The summed E-state index contributed by atoms with van der Waals surface area (Å²) in [5, 5.41) is 11.8. The SMILES string of the molecule is CC1CNCC1C(=O)N1CCN(CCC#N)CC1. The van der Waals surface area contributed by atoms with Crippen LogP contribution in [-0.4, -0.2) is 61.5 Å². The second kappa shape index (κ2) is 6.17. The van der Waals surface area contributed by atoms with Gasteiger partial charge in [-0.25, -0.2) is 0 Å². The largest absolute Gasteiger partial charge is 0.340 e. The Morgan fingerprint density at radius 1 is 1.33 bits per heavy atom. The summed E-state index contributed by atoms with van der Waals surface area (Å²) in [4.78, 5) is 16.6. The topological polar surface area (TPSA) is 59.4 Å². The van der Waals surface area contributed by atoms with Crippen LogP contribution in [0.3, 0.4) is 0 Å². The maximum absolute atomic E-state index is 12.3. The Morgan fingerprint density at radius 2 is 2.06 bits per heavy atom. The minimum absolute atomic E-state index is 0.163. The van der Waals surface area contributed by atoms with Crippen molar-refractivity contribution in [3.8, 4) is 6.07 Å². The Morgan fingerprint density at radius 3 is 2.61 bits per heavy atom. The van der Waals surface area contributed by atoms with Crippen molar-refractivity contribution in [2.75, 3.05) is 45.8 Å². The van der Waals surface area contributed by atoms with Gasteiger partial charge in [-0.3, -0.25) is 9.69 Å². The fraction of sp³-hybridized carbons (Fsp3) is 0.846. The molecule has 2 atom stereocenters. The highest BCUT2D eigenvalue weighted by Crippen LogP contribution is 2.19. The first-order valence-corrected chi connectivity index (χ1v) is 6.81. The summed E-state index contributed by atoms with van der Waals surface area (Å²) in [5.41, 5.74) is 0. The first-order chi connectivity index (χ1) is 8.72. The van der Waals surface area contributed by atoms with Crippen LogP contribution in [0.15, 0.2) is 0 Å². The molecule has 18 heavy (non-hydrogen) atoms. The Labute approximate surface area is 109 Å². The zero-order chi connectivity index (χ0) is 13.0. The third-order valence-electron chi connectivity index (χ3n) is 4.06.